The van der Waals surface area contributed by atoms with Crippen molar-refractivity contribution in [2.75, 3.05) is 0 Å². The first-order valence-corrected chi connectivity index (χ1v) is 7.53. The van der Waals surface area contributed by atoms with Crippen molar-refractivity contribution >= 4 is 23.4 Å². The predicted molar refractivity (Wildman–Crippen MR) is 78.2 cm³/mol. The van der Waals surface area contributed by atoms with Gasteiger partial charge in [0.2, 0.25) is 5.91 Å². The van der Waals surface area contributed by atoms with Gasteiger partial charge in [-0.05, 0) is 13.3 Å². The molecule has 0 N–H and O–H groups in total. The highest BCUT2D eigenvalue weighted by Gasteiger charge is 2.48. The molecule has 1 rings (SSSR count). The van der Waals surface area contributed by atoms with E-state index in [1.54, 1.807) is 6.92 Å². The van der Waals surface area contributed by atoms with E-state index in [1.807, 2.05) is 0 Å². The second-order valence-corrected chi connectivity index (χ2v) is 5.29. The third-order valence-corrected chi connectivity index (χ3v) is 3.66. The molecule has 1 aliphatic rings. The Morgan fingerprint density at radius 1 is 1.14 bits per heavy atom. The minimum atomic E-state index is -1.31. The van der Waals surface area contributed by atoms with Gasteiger partial charge in [-0.2, -0.15) is 0 Å². The van der Waals surface area contributed by atoms with Crippen molar-refractivity contribution < 1.29 is 19.2 Å². The summed E-state index contributed by atoms with van der Waals surface area (Å²) in [5, 5.41) is 0. The number of hydrogen-bond acceptors (Lipinski definition) is 4. The lowest BCUT2D eigenvalue weighted by atomic mass is 9.95. The van der Waals surface area contributed by atoms with Crippen molar-refractivity contribution in [2.24, 2.45) is 5.92 Å². The molecule has 5 heteroatoms. The normalized spacial score (nSPS) is 20.4. The fourth-order valence-corrected chi connectivity index (χ4v) is 2.55. The standard InChI is InChI=1S/C16H23NO4/c1-4-6-7-8-9-10-13(19)14-15(20)12(5-2)17(11(3)18)16(14)21/h5,14H,4,6-10H2,1-3H3. The molecule has 0 aromatic carbocycles. The van der Waals surface area contributed by atoms with Crippen LogP contribution in [0.3, 0.4) is 0 Å². The molecule has 1 heterocycles. The summed E-state index contributed by atoms with van der Waals surface area (Å²) < 4.78 is 0. The van der Waals surface area contributed by atoms with Crippen LogP contribution in [0.25, 0.3) is 0 Å². The molecule has 5 nitrogen and oxygen atoms in total. The van der Waals surface area contributed by atoms with E-state index in [0.29, 0.717) is 6.42 Å². The molecule has 1 fully saturated rings. The Morgan fingerprint density at radius 3 is 2.24 bits per heavy atom. The fraction of sp³-hybridized carbons (Fsp3) is 0.625. The molecular formula is C16H23NO4. The van der Waals surface area contributed by atoms with Gasteiger partial charge in [0.1, 0.15) is 0 Å². The van der Waals surface area contributed by atoms with E-state index in [-0.39, 0.29) is 17.9 Å². The Kier molecular flexibility index (Phi) is 6.46. The number of carbonyl (C=O) groups excluding carboxylic acids is 4. The molecular weight excluding hydrogens is 270 g/mol. The SMILES string of the molecule is CC=C1C(=O)C(C(=O)CCCCCCC)C(=O)N1C(C)=O. The number of Topliss-reactive ketones (excluding diaryl/α,β-unsaturated/α-hetero) is 2. The fourth-order valence-electron chi connectivity index (χ4n) is 2.55. The molecule has 0 aliphatic carbocycles. The summed E-state index contributed by atoms with van der Waals surface area (Å²) in [6.07, 6.45) is 6.52. The number of hydrogen-bond donors (Lipinski definition) is 0. The molecule has 0 bridgehead atoms. The number of carbonyl (C=O) groups is 4. The van der Waals surface area contributed by atoms with Crippen molar-refractivity contribution in [3.8, 4) is 0 Å². The smallest absolute Gasteiger partial charge is 0.252 e. The summed E-state index contributed by atoms with van der Waals surface area (Å²) in [5.41, 5.74) is 0.0248. The first-order valence-electron chi connectivity index (χ1n) is 7.53. The number of allylic oxidation sites excluding steroid dienone is 2. The van der Waals surface area contributed by atoms with Crippen molar-refractivity contribution in [3.63, 3.8) is 0 Å². The van der Waals surface area contributed by atoms with E-state index in [4.69, 9.17) is 0 Å². The highest BCUT2D eigenvalue weighted by molar-refractivity contribution is 6.31. The van der Waals surface area contributed by atoms with Gasteiger partial charge in [0.15, 0.2) is 17.5 Å². The zero-order valence-electron chi connectivity index (χ0n) is 13.0. The maximum Gasteiger partial charge on any atom is 0.252 e. The Hall–Kier alpha value is -1.78. The van der Waals surface area contributed by atoms with Crippen LogP contribution >= 0.6 is 0 Å². The zero-order chi connectivity index (χ0) is 16.0. The van der Waals surface area contributed by atoms with Crippen LogP contribution in [-0.4, -0.2) is 28.3 Å². The number of amides is 2. The lowest BCUT2D eigenvalue weighted by Crippen LogP contribution is -2.33. The third-order valence-electron chi connectivity index (χ3n) is 3.66. The average Bonchev–Trinajstić information content (AvgIpc) is 2.69. The summed E-state index contributed by atoms with van der Waals surface area (Å²) in [6.45, 7) is 4.90. The zero-order valence-corrected chi connectivity index (χ0v) is 13.0. The van der Waals surface area contributed by atoms with Crippen LogP contribution in [0.4, 0.5) is 0 Å². The average molecular weight is 293 g/mol. The molecule has 1 atom stereocenters. The van der Waals surface area contributed by atoms with Crippen LogP contribution in [0.1, 0.15) is 59.3 Å². The minimum Gasteiger partial charge on any atom is -0.298 e. The maximum absolute atomic E-state index is 12.1. The number of imide groups is 1. The molecule has 2 amide bonds. The van der Waals surface area contributed by atoms with Crippen molar-refractivity contribution in [1.82, 2.24) is 4.90 Å². The van der Waals surface area contributed by atoms with Crippen molar-refractivity contribution in [1.29, 1.82) is 0 Å². The van der Waals surface area contributed by atoms with Gasteiger partial charge in [-0.25, -0.2) is 4.90 Å². The summed E-state index contributed by atoms with van der Waals surface area (Å²) in [7, 11) is 0. The number of likely N-dealkylation sites (tertiary alicyclic amines) is 1. The minimum absolute atomic E-state index is 0.0248. The summed E-state index contributed by atoms with van der Waals surface area (Å²) >= 11 is 0. The second-order valence-electron chi connectivity index (χ2n) is 5.29. The third kappa shape index (κ3) is 3.86. The Balaban J connectivity index is 2.70. The van der Waals surface area contributed by atoms with Crippen LogP contribution in [0.15, 0.2) is 11.8 Å². The first-order chi connectivity index (χ1) is 9.95. The van der Waals surface area contributed by atoms with Gasteiger partial charge in [-0.3, -0.25) is 19.2 Å². The Bertz CT molecular complexity index is 479. The monoisotopic (exact) mass is 293 g/mol. The summed E-state index contributed by atoms with van der Waals surface area (Å²) in [6, 6.07) is 0. The van der Waals surface area contributed by atoms with Crippen LogP contribution in [0.5, 0.6) is 0 Å². The van der Waals surface area contributed by atoms with E-state index in [9.17, 15) is 19.2 Å². The Morgan fingerprint density at radius 2 is 1.76 bits per heavy atom. The van der Waals surface area contributed by atoms with Crippen LogP contribution in [0, 0.1) is 5.92 Å². The molecule has 0 saturated carbocycles. The largest absolute Gasteiger partial charge is 0.298 e. The van der Waals surface area contributed by atoms with Crippen LogP contribution in [0.2, 0.25) is 0 Å². The van der Waals surface area contributed by atoms with Gasteiger partial charge in [0, 0.05) is 13.3 Å². The van der Waals surface area contributed by atoms with E-state index in [0.717, 1.165) is 30.6 Å². The van der Waals surface area contributed by atoms with Gasteiger partial charge in [-0.1, -0.05) is 38.7 Å². The molecule has 1 saturated heterocycles. The molecule has 0 aromatic heterocycles. The quantitative estimate of drug-likeness (QED) is 0.410. The summed E-state index contributed by atoms with van der Waals surface area (Å²) in [5.74, 6) is -3.45. The highest BCUT2D eigenvalue weighted by Crippen LogP contribution is 2.27. The van der Waals surface area contributed by atoms with E-state index in [2.05, 4.69) is 6.92 Å². The first kappa shape index (κ1) is 17.3. The lowest BCUT2D eigenvalue weighted by Gasteiger charge is -2.11. The van der Waals surface area contributed by atoms with Crippen LogP contribution in [-0.2, 0) is 19.2 Å². The molecule has 1 aliphatic heterocycles. The van der Waals surface area contributed by atoms with Gasteiger partial charge in [-0.15, -0.1) is 0 Å². The number of rotatable bonds is 7. The number of nitrogens with zero attached hydrogens (tertiary/aromatic N) is 1. The molecule has 0 spiro atoms. The topological polar surface area (TPSA) is 71.5 Å². The Labute approximate surface area is 125 Å². The van der Waals surface area contributed by atoms with Gasteiger partial charge in [0.05, 0.1) is 5.70 Å². The maximum atomic E-state index is 12.1. The predicted octanol–water partition coefficient (Wildman–Crippen LogP) is 2.39. The van der Waals surface area contributed by atoms with Gasteiger partial charge in [0.25, 0.3) is 5.91 Å². The van der Waals surface area contributed by atoms with Crippen LogP contribution < -0.4 is 0 Å². The van der Waals surface area contributed by atoms with Gasteiger partial charge >= 0.3 is 0 Å². The summed E-state index contributed by atoms with van der Waals surface area (Å²) in [4.78, 5) is 48.7. The lowest BCUT2D eigenvalue weighted by molar-refractivity contribution is -0.143. The van der Waals surface area contributed by atoms with E-state index >= 15 is 0 Å². The second kappa shape index (κ2) is 7.86. The van der Waals surface area contributed by atoms with Crippen molar-refractivity contribution in [2.45, 2.75) is 59.3 Å². The molecule has 0 aromatic rings. The van der Waals surface area contributed by atoms with E-state index < -0.39 is 23.5 Å². The van der Waals surface area contributed by atoms with E-state index in [1.165, 1.54) is 13.0 Å². The highest BCUT2D eigenvalue weighted by atomic mass is 16.2. The van der Waals surface area contributed by atoms with Crippen molar-refractivity contribution in [3.05, 3.63) is 11.8 Å². The molecule has 21 heavy (non-hydrogen) atoms. The molecule has 116 valence electrons. The number of ketones is 2. The number of unbranched alkanes of at least 4 members (excludes halogenated alkanes) is 4. The molecule has 1 unspecified atom stereocenters. The molecule has 0 radical (unpaired) electrons. The van der Waals surface area contributed by atoms with Gasteiger partial charge < -0.3 is 0 Å².